The van der Waals surface area contributed by atoms with Crippen molar-refractivity contribution in [2.75, 3.05) is 6.79 Å². The van der Waals surface area contributed by atoms with Crippen LogP contribution in [0.5, 0.6) is 11.5 Å². The van der Waals surface area contributed by atoms with E-state index in [1.54, 1.807) is 18.2 Å². The molecule has 3 N–H and O–H groups in total. The predicted molar refractivity (Wildman–Crippen MR) is 77.1 cm³/mol. The molecule has 1 aliphatic rings. The summed E-state index contributed by atoms with van der Waals surface area (Å²) in [5.74, 6) is -0.896. The van der Waals surface area contributed by atoms with Crippen LogP contribution < -0.4 is 15.2 Å². The number of carboxylic acid groups (broad SMARTS) is 1. The van der Waals surface area contributed by atoms with E-state index in [0.29, 0.717) is 17.1 Å². The monoisotopic (exact) mass is 318 g/mol. The normalized spacial score (nSPS) is 13.1. The van der Waals surface area contributed by atoms with Crippen molar-refractivity contribution < 1.29 is 24.2 Å². The first kappa shape index (κ1) is 14.8. The molecule has 9 heteroatoms. The highest BCUT2D eigenvalue weighted by atomic mass is 16.7. The molecule has 1 aromatic carbocycles. The van der Waals surface area contributed by atoms with E-state index in [2.05, 4.69) is 10.3 Å². The molecule has 0 radical (unpaired) electrons. The van der Waals surface area contributed by atoms with Gasteiger partial charge in [-0.3, -0.25) is 4.79 Å². The molecule has 2 heterocycles. The number of benzene rings is 1. The van der Waals surface area contributed by atoms with Crippen molar-refractivity contribution in [2.45, 2.75) is 19.4 Å². The van der Waals surface area contributed by atoms with Gasteiger partial charge in [0.1, 0.15) is 11.2 Å². The second kappa shape index (κ2) is 4.97. The minimum atomic E-state index is -1.26. The zero-order valence-electron chi connectivity index (χ0n) is 12.4. The van der Waals surface area contributed by atoms with E-state index in [-0.39, 0.29) is 18.2 Å². The lowest BCUT2D eigenvalue weighted by atomic mass is 10.0. The van der Waals surface area contributed by atoms with E-state index in [9.17, 15) is 14.7 Å². The first-order chi connectivity index (χ1) is 10.8. The van der Waals surface area contributed by atoms with Crippen molar-refractivity contribution in [3.05, 3.63) is 23.9 Å². The molecule has 9 nitrogen and oxygen atoms in total. The Bertz CT molecular complexity index is 811. The maximum Gasteiger partial charge on any atom is 0.358 e. The summed E-state index contributed by atoms with van der Waals surface area (Å²) in [4.78, 5) is 23.2. The molecule has 0 fully saturated rings. The highest BCUT2D eigenvalue weighted by molar-refractivity contribution is 5.93. The number of carbonyl (C=O) groups is 2. The van der Waals surface area contributed by atoms with Gasteiger partial charge in [-0.2, -0.15) is 0 Å². The van der Waals surface area contributed by atoms with E-state index < -0.39 is 17.4 Å². The number of nitrogens with two attached hydrogens (primary N) is 1. The van der Waals surface area contributed by atoms with Crippen molar-refractivity contribution in [1.29, 1.82) is 0 Å². The van der Waals surface area contributed by atoms with Gasteiger partial charge in [-0.15, -0.1) is 5.10 Å². The minimum Gasteiger partial charge on any atom is -0.476 e. The summed E-state index contributed by atoms with van der Waals surface area (Å²) in [5, 5.41) is 16.8. The molecule has 0 unspecified atom stereocenters. The Morgan fingerprint density at radius 2 is 2.00 bits per heavy atom. The number of carbonyl (C=O) groups excluding carboxylic acids is 1. The van der Waals surface area contributed by atoms with Crippen molar-refractivity contribution >= 4 is 11.9 Å². The topological polar surface area (TPSA) is 130 Å². The molecule has 0 spiro atoms. The first-order valence-electron chi connectivity index (χ1n) is 6.71. The van der Waals surface area contributed by atoms with Crippen LogP contribution in [0, 0.1) is 0 Å². The number of amides is 1. The molecular formula is C14H14N4O5. The van der Waals surface area contributed by atoms with Crippen LogP contribution in [0.4, 0.5) is 0 Å². The summed E-state index contributed by atoms with van der Waals surface area (Å²) in [6.45, 7) is 3.16. The minimum absolute atomic E-state index is 0.0921. The second-order valence-corrected chi connectivity index (χ2v) is 5.49. The summed E-state index contributed by atoms with van der Waals surface area (Å²) in [7, 11) is 0. The molecule has 120 valence electrons. The number of primary amides is 1. The second-order valence-electron chi connectivity index (χ2n) is 5.49. The standard InChI is InChI=1S/C14H14N4O5/c1-14(2,13(15)21)18-11(10(12(19)20)16-17-18)7-3-4-8-9(5-7)23-6-22-8/h3-5H,6H2,1-2H3,(H2,15,21)(H,19,20). The van der Waals surface area contributed by atoms with Gasteiger partial charge in [0.2, 0.25) is 12.7 Å². The molecule has 0 saturated heterocycles. The fourth-order valence-electron chi connectivity index (χ4n) is 2.22. The van der Waals surface area contributed by atoms with Gasteiger partial charge in [-0.1, -0.05) is 5.21 Å². The summed E-state index contributed by atoms with van der Waals surface area (Å²) in [5.41, 5.74) is 4.51. The Morgan fingerprint density at radius 3 is 2.65 bits per heavy atom. The number of carboxylic acids is 1. The van der Waals surface area contributed by atoms with Crippen LogP contribution in [0.1, 0.15) is 24.3 Å². The van der Waals surface area contributed by atoms with Crippen LogP contribution in [0.3, 0.4) is 0 Å². The predicted octanol–water partition coefficient (Wildman–Crippen LogP) is 0.592. The molecular weight excluding hydrogens is 304 g/mol. The molecule has 3 rings (SSSR count). The van der Waals surface area contributed by atoms with Gasteiger partial charge >= 0.3 is 5.97 Å². The van der Waals surface area contributed by atoms with Crippen molar-refractivity contribution in [1.82, 2.24) is 15.0 Å². The number of rotatable bonds is 4. The summed E-state index contributed by atoms with van der Waals surface area (Å²) in [6, 6.07) is 4.91. The van der Waals surface area contributed by atoms with Gasteiger partial charge in [-0.05, 0) is 32.0 Å². The molecule has 0 saturated carbocycles. The average molecular weight is 318 g/mol. The number of aromatic carboxylic acids is 1. The lowest BCUT2D eigenvalue weighted by Gasteiger charge is -2.23. The highest BCUT2D eigenvalue weighted by Crippen LogP contribution is 2.37. The Labute approximate surface area is 130 Å². The molecule has 1 aliphatic heterocycles. The number of nitrogens with zero attached hydrogens (tertiary/aromatic N) is 3. The maximum absolute atomic E-state index is 11.7. The van der Waals surface area contributed by atoms with Crippen molar-refractivity contribution in [3.8, 4) is 22.8 Å². The molecule has 0 atom stereocenters. The Hall–Kier alpha value is -3.10. The SMILES string of the molecule is CC(C)(C(N)=O)n1nnc(C(=O)O)c1-c1ccc2c(c1)OCO2. The largest absolute Gasteiger partial charge is 0.476 e. The smallest absolute Gasteiger partial charge is 0.358 e. The van der Waals surface area contributed by atoms with Gasteiger partial charge in [-0.25, -0.2) is 9.48 Å². The lowest BCUT2D eigenvalue weighted by Crippen LogP contribution is -2.42. The maximum atomic E-state index is 11.7. The van der Waals surface area contributed by atoms with Crippen LogP contribution in [0.25, 0.3) is 11.3 Å². The number of fused-ring (bicyclic) bond motifs is 1. The van der Waals surface area contributed by atoms with Gasteiger partial charge in [0, 0.05) is 5.56 Å². The summed E-state index contributed by atoms with van der Waals surface area (Å²) in [6.07, 6.45) is 0. The molecule has 1 aromatic heterocycles. The fourth-order valence-corrected chi connectivity index (χ4v) is 2.22. The third-order valence-corrected chi connectivity index (χ3v) is 3.65. The molecule has 1 amide bonds. The lowest BCUT2D eigenvalue weighted by molar-refractivity contribution is -0.125. The number of hydrogen-bond acceptors (Lipinski definition) is 6. The molecule has 0 bridgehead atoms. The van der Waals surface area contributed by atoms with Gasteiger partial charge in [0.15, 0.2) is 17.2 Å². The quantitative estimate of drug-likeness (QED) is 0.843. The van der Waals surface area contributed by atoms with Gasteiger partial charge in [0.05, 0.1) is 0 Å². The molecule has 0 aliphatic carbocycles. The summed E-state index contributed by atoms with van der Waals surface area (Å²) >= 11 is 0. The third-order valence-electron chi connectivity index (χ3n) is 3.65. The van der Waals surface area contributed by atoms with Crippen molar-refractivity contribution in [2.24, 2.45) is 5.73 Å². The van der Waals surface area contributed by atoms with Gasteiger partial charge < -0.3 is 20.3 Å². The number of hydrogen-bond donors (Lipinski definition) is 2. The molecule has 23 heavy (non-hydrogen) atoms. The van der Waals surface area contributed by atoms with Crippen LogP contribution in [0.2, 0.25) is 0 Å². The molecule has 2 aromatic rings. The Balaban J connectivity index is 2.23. The Kier molecular flexibility index (Phi) is 3.20. The van der Waals surface area contributed by atoms with Crippen LogP contribution in [-0.2, 0) is 10.3 Å². The third kappa shape index (κ3) is 2.26. The average Bonchev–Trinajstić information content (AvgIpc) is 3.12. The van der Waals surface area contributed by atoms with Crippen LogP contribution >= 0.6 is 0 Å². The first-order valence-corrected chi connectivity index (χ1v) is 6.71. The zero-order valence-corrected chi connectivity index (χ0v) is 12.4. The van der Waals surface area contributed by atoms with Crippen LogP contribution in [-0.4, -0.2) is 38.8 Å². The van der Waals surface area contributed by atoms with E-state index in [1.165, 1.54) is 18.5 Å². The van der Waals surface area contributed by atoms with E-state index in [4.69, 9.17) is 15.2 Å². The van der Waals surface area contributed by atoms with Crippen LogP contribution in [0.15, 0.2) is 18.2 Å². The van der Waals surface area contributed by atoms with E-state index in [0.717, 1.165) is 0 Å². The summed E-state index contributed by atoms with van der Waals surface area (Å²) < 4.78 is 11.7. The number of aromatic nitrogens is 3. The number of ether oxygens (including phenoxy) is 2. The Morgan fingerprint density at radius 1 is 1.30 bits per heavy atom. The van der Waals surface area contributed by atoms with E-state index in [1.807, 2.05) is 0 Å². The highest BCUT2D eigenvalue weighted by Gasteiger charge is 2.34. The van der Waals surface area contributed by atoms with Crippen molar-refractivity contribution in [3.63, 3.8) is 0 Å². The van der Waals surface area contributed by atoms with E-state index >= 15 is 0 Å². The zero-order chi connectivity index (χ0) is 16.8. The van der Waals surface area contributed by atoms with Gasteiger partial charge in [0.25, 0.3) is 0 Å². The fraction of sp³-hybridized carbons (Fsp3) is 0.286.